The number of rotatable bonds is 4. The van der Waals surface area contributed by atoms with Gasteiger partial charge < -0.3 is 19.7 Å². The molecule has 0 saturated carbocycles. The summed E-state index contributed by atoms with van der Waals surface area (Å²) >= 11 is 0. The van der Waals surface area contributed by atoms with E-state index in [1.165, 1.54) is 0 Å². The van der Waals surface area contributed by atoms with Gasteiger partial charge >= 0.3 is 0 Å². The second-order valence-electron chi connectivity index (χ2n) is 4.89. The summed E-state index contributed by atoms with van der Waals surface area (Å²) in [6.45, 7) is 7.07. The standard InChI is InChI=1S/C12H22N2O3/c1-10-6-13-3-4-14(10)12(15)9-17-8-11-2-5-16-7-11/h10-11,13H,2-9H2,1H3/t10-,11-/m1/s1. The second-order valence-corrected chi connectivity index (χ2v) is 4.89. The van der Waals surface area contributed by atoms with E-state index in [4.69, 9.17) is 9.47 Å². The summed E-state index contributed by atoms with van der Waals surface area (Å²) in [5.74, 6) is 0.584. The van der Waals surface area contributed by atoms with Crippen molar-refractivity contribution in [2.24, 2.45) is 5.92 Å². The van der Waals surface area contributed by atoms with Gasteiger partial charge in [-0.25, -0.2) is 0 Å². The number of hydrogen-bond acceptors (Lipinski definition) is 4. The van der Waals surface area contributed by atoms with E-state index in [1.54, 1.807) is 0 Å². The van der Waals surface area contributed by atoms with Gasteiger partial charge in [-0.05, 0) is 13.3 Å². The van der Waals surface area contributed by atoms with Crippen molar-refractivity contribution in [1.29, 1.82) is 0 Å². The largest absolute Gasteiger partial charge is 0.381 e. The third-order valence-corrected chi connectivity index (χ3v) is 3.42. The van der Waals surface area contributed by atoms with Gasteiger partial charge in [0.15, 0.2) is 0 Å². The van der Waals surface area contributed by atoms with Crippen LogP contribution in [0.25, 0.3) is 0 Å². The van der Waals surface area contributed by atoms with Crippen LogP contribution in [0.3, 0.4) is 0 Å². The summed E-state index contributed by atoms with van der Waals surface area (Å²) in [6, 6.07) is 0.273. The highest BCUT2D eigenvalue weighted by Crippen LogP contribution is 2.12. The summed E-state index contributed by atoms with van der Waals surface area (Å²) in [5.41, 5.74) is 0. The Balaban J connectivity index is 1.65. The van der Waals surface area contributed by atoms with Crippen molar-refractivity contribution in [2.45, 2.75) is 19.4 Å². The zero-order valence-electron chi connectivity index (χ0n) is 10.5. The van der Waals surface area contributed by atoms with E-state index in [0.29, 0.717) is 12.5 Å². The van der Waals surface area contributed by atoms with Crippen molar-refractivity contribution in [3.8, 4) is 0 Å². The monoisotopic (exact) mass is 242 g/mol. The van der Waals surface area contributed by atoms with Crippen LogP contribution in [0.2, 0.25) is 0 Å². The quantitative estimate of drug-likeness (QED) is 0.745. The molecule has 2 fully saturated rings. The van der Waals surface area contributed by atoms with E-state index in [9.17, 15) is 4.79 Å². The minimum absolute atomic E-state index is 0.109. The molecular formula is C12H22N2O3. The number of hydrogen-bond donors (Lipinski definition) is 1. The van der Waals surface area contributed by atoms with E-state index in [2.05, 4.69) is 12.2 Å². The lowest BCUT2D eigenvalue weighted by atomic mass is 10.1. The Bertz CT molecular complexity index is 254. The van der Waals surface area contributed by atoms with Crippen molar-refractivity contribution in [2.75, 3.05) is 46.1 Å². The Labute approximate surface area is 102 Å². The van der Waals surface area contributed by atoms with Crippen LogP contribution in [0, 0.1) is 5.92 Å². The fraction of sp³-hybridized carbons (Fsp3) is 0.917. The second kappa shape index (κ2) is 6.33. The maximum atomic E-state index is 11.9. The Morgan fingerprint density at radius 3 is 3.18 bits per heavy atom. The number of amides is 1. The molecule has 0 radical (unpaired) electrons. The molecule has 2 saturated heterocycles. The van der Waals surface area contributed by atoms with E-state index < -0.39 is 0 Å². The predicted octanol–water partition coefficient (Wildman–Crippen LogP) is -0.140. The molecule has 2 atom stereocenters. The van der Waals surface area contributed by atoms with Crippen LogP contribution in [0.4, 0.5) is 0 Å². The number of carbonyl (C=O) groups is 1. The van der Waals surface area contributed by atoms with Gasteiger partial charge in [-0.1, -0.05) is 0 Å². The van der Waals surface area contributed by atoms with Crippen LogP contribution < -0.4 is 5.32 Å². The van der Waals surface area contributed by atoms with Crippen molar-refractivity contribution < 1.29 is 14.3 Å². The molecule has 5 heteroatoms. The molecule has 2 rings (SSSR count). The highest BCUT2D eigenvalue weighted by Gasteiger charge is 2.23. The van der Waals surface area contributed by atoms with Crippen molar-refractivity contribution >= 4 is 5.91 Å². The minimum atomic E-state index is 0.109. The average molecular weight is 242 g/mol. The molecule has 0 aromatic heterocycles. The summed E-state index contributed by atoms with van der Waals surface area (Å²) in [6.07, 6.45) is 1.05. The van der Waals surface area contributed by atoms with Gasteiger partial charge in [0, 0.05) is 38.2 Å². The lowest BCUT2D eigenvalue weighted by Gasteiger charge is -2.33. The minimum Gasteiger partial charge on any atom is -0.381 e. The van der Waals surface area contributed by atoms with Gasteiger partial charge in [0.2, 0.25) is 5.91 Å². The zero-order chi connectivity index (χ0) is 12.1. The van der Waals surface area contributed by atoms with Gasteiger partial charge in [0.1, 0.15) is 6.61 Å². The molecular weight excluding hydrogens is 220 g/mol. The van der Waals surface area contributed by atoms with Gasteiger partial charge in [-0.15, -0.1) is 0 Å². The smallest absolute Gasteiger partial charge is 0.248 e. The molecule has 0 aromatic carbocycles. The molecule has 2 heterocycles. The fourth-order valence-electron chi connectivity index (χ4n) is 2.32. The molecule has 17 heavy (non-hydrogen) atoms. The van der Waals surface area contributed by atoms with E-state index >= 15 is 0 Å². The molecule has 0 bridgehead atoms. The third kappa shape index (κ3) is 3.66. The summed E-state index contributed by atoms with van der Waals surface area (Å²) in [4.78, 5) is 13.8. The van der Waals surface area contributed by atoms with Crippen molar-refractivity contribution in [3.05, 3.63) is 0 Å². The first kappa shape index (κ1) is 12.8. The summed E-state index contributed by atoms with van der Waals surface area (Å²) in [7, 11) is 0. The first-order valence-corrected chi connectivity index (χ1v) is 6.43. The van der Waals surface area contributed by atoms with Crippen LogP contribution in [0.1, 0.15) is 13.3 Å². The fourth-order valence-corrected chi connectivity index (χ4v) is 2.32. The molecule has 5 nitrogen and oxygen atoms in total. The van der Waals surface area contributed by atoms with Crippen LogP contribution in [-0.4, -0.2) is 62.9 Å². The Hall–Kier alpha value is -0.650. The van der Waals surface area contributed by atoms with E-state index in [-0.39, 0.29) is 18.6 Å². The Kier molecular flexibility index (Phi) is 4.76. The van der Waals surface area contributed by atoms with Crippen molar-refractivity contribution in [3.63, 3.8) is 0 Å². The maximum Gasteiger partial charge on any atom is 0.248 e. The number of ether oxygens (including phenoxy) is 2. The molecule has 0 unspecified atom stereocenters. The highest BCUT2D eigenvalue weighted by molar-refractivity contribution is 5.77. The van der Waals surface area contributed by atoms with Crippen LogP contribution in [-0.2, 0) is 14.3 Å². The van der Waals surface area contributed by atoms with E-state index in [0.717, 1.165) is 39.3 Å². The third-order valence-electron chi connectivity index (χ3n) is 3.42. The zero-order valence-corrected chi connectivity index (χ0v) is 10.5. The van der Waals surface area contributed by atoms with E-state index in [1.807, 2.05) is 4.90 Å². The Morgan fingerprint density at radius 2 is 2.47 bits per heavy atom. The molecule has 0 spiro atoms. The van der Waals surface area contributed by atoms with Gasteiger partial charge in [0.05, 0.1) is 13.2 Å². The molecule has 98 valence electrons. The van der Waals surface area contributed by atoms with Gasteiger partial charge in [-0.2, -0.15) is 0 Å². The first-order chi connectivity index (χ1) is 8.27. The number of nitrogens with zero attached hydrogens (tertiary/aromatic N) is 1. The maximum absolute atomic E-state index is 11.9. The Morgan fingerprint density at radius 1 is 1.59 bits per heavy atom. The van der Waals surface area contributed by atoms with Gasteiger partial charge in [0.25, 0.3) is 0 Å². The van der Waals surface area contributed by atoms with Crippen LogP contribution >= 0.6 is 0 Å². The lowest BCUT2D eigenvalue weighted by Crippen LogP contribution is -2.53. The van der Waals surface area contributed by atoms with Crippen LogP contribution in [0.5, 0.6) is 0 Å². The molecule has 0 aliphatic carbocycles. The number of carbonyl (C=O) groups excluding carboxylic acids is 1. The number of piperazine rings is 1. The van der Waals surface area contributed by atoms with Crippen LogP contribution in [0.15, 0.2) is 0 Å². The molecule has 1 N–H and O–H groups in total. The topological polar surface area (TPSA) is 50.8 Å². The molecule has 1 amide bonds. The van der Waals surface area contributed by atoms with Crippen molar-refractivity contribution in [1.82, 2.24) is 10.2 Å². The molecule has 2 aliphatic heterocycles. The molecule has 2 aliphatic rings. The average Bonchev–Trinajstić information content (AvgIpc) is 2.82. The predicted molar refractivity (Wildman–Crippen MR) is 63.8 cm³/mol. The normalized spacial score (nSPS) is 29.6. The summed E-state index contributed by atoms with van der Waals surface area (Å²) < 4.78 is 10.8. The first-order valence-electron chi connectivity index (χ1n) is 6.43. The highest BCUT2D eigenvalue weighted by atomic mass is 16.5. The summed E-state index contributed by atoms with van der Waals surface area (Å²) in [5, 5.41) is 3.27. The SMILES string of the molecule is C[C@@H]1CNCCN1C(=O)COC[C@@H]1CCOC1. The lowest BCUT2D eigenvalue weighted by molar-refractivity contribution is -0.139. The molecule has 0 aromatic rings. The number of nitrogens with one attached hydrogen (secondary N) is 1. The van der Waals surface area contributed by atoms with Gasteiger partial charge in [-0.3, -0.25) is 4.79 Å².